The van der Waals surface area contributed by atoms with Crippen LogP contribution >= 0.6 is 11.6 Å². The van der Waals surface area contributed by atoms with Crippen molar-refractivity contribution in [1.29, 1.82) is 0 Å². The quantitative estimate of drug-likeness (QED) is 0.677. The molecule has 0 saturated heterocycles. The molecule has 1 aliphatic carbocycles. The highest BCUT2D eigenvalue weighted by molar-refractivity contribution is 6.35. The monoisotopic (exact) mass is 325 g/mol. The first kappa shape index (κ1) is 14.3. The number of rotatable bonds is 2. The number of H-pyrrole nitrogens is 1. The number of benzene rings is 2. The van der Waals surface area contributed by atoms with Crippen molar-refractivity contribution in [3.8, 4) is 11.3 Å². The SMILES string of the molecule is CC1CCc2c(-c3ccc(C(=O)O)cc3)[nH]c3c(Cl)ccc1c23. The highest BCUT2D eigenvalue weighted by atomic mass is 35.5. The molecule has 0 radical (unpaired) electrons. The van der Waals surface area contributed by atoms with Crippen molar-refractivity contribution in [2.45, 2.75) is 25.7 Å². The predicted octanol–water partition coefficient (Wildman–Crippen LogP) is 5.24. The van der Waals surface area contributed by atoms with Gasteiger partial charge in [-0.1, -0.05) is 36.7 Å². The van der Waals surface area contributed by atoms with E-state index < -0.39 is 5.97 Å². The summed E-state index contributed by atoms with van der Waals surface area (Å²) in [5, 5.41) is 11.0. The van der Waals surface area contributed by atoms with E-state index in [0.717, 1.165) is 34.6 Å². The number of hydrogen-bond acceptors (Lipinski definition) is 1. The molecule has 1 atom stereocenters. The zero-order valence-corrected chi connectivity index (χ0v) is 13.4. The smallest absolute Gasteiger partial charge is 0.335 e. The molecule has 3 nitrogen and oxygen atoms in total. The van der Waals surface area contributed by atoms with E-state index >= 15 is 0 Å². The summed E-state index contributed by atoms with van der Waals surface area (Å²) in [6.07, 6.45) is 2.12. The Morgan fingerprint density at radius 1 is 1.22 bits per heavy atom. The second-order valence-electron chi connectivity index (χ2n) is 6.19. The van der Waals surface area contributed by atoms with Crippen LogP contribution in [0, 0.1) is 0 Å². The summed E-state index contributed by atoms with van der Waals surface area (Å²) in [5.41, 5.74) is 5.97. The number of aromatic nitrogens is 1. The third kappa shape index (κ3) is 2.15. The molecule has 0 aliphatic heterocycles. The lowest BCUT2D eigenvalue weighted by atomic mass is 9.83. The molecular weight excluding hydrogens is 310 g/mol. The first-order chi connectivity index (χ1) is 11.1. The third-order valence-electron chi connectivity index (χ3n) is 4.82. The lowest BCUT2D eigenvalue weighted by molar-refractivity contribution is 0.0697. The minimum absolute atomic E-state index is 0.297. The van der Waals surface area contributed by atoms with Crippen molar-refractivity contribution in [3.63, 3.8) is 0 Å². The highest BCUT2D eigenvalue weighted by Gasteiger charge is 2.24. The highest BCUT2D eigenvalue weighted by Crippen LogP contribution is 2.43. The van der Waals surface area contributed by atoms with Crippen LogP contribution < -0.4 is 0 Å². The van der Waals surface area contributed by atoms with E-state index in [9.17, 15) is 4.79 Å². The summed E-state index contributed by atoms with van der Waals surface area (Å²) >= 11 is 6.39. The van der Waals surface area contributed by atoms with Gasteiger partial charge in [0.1, 0.15) is 0 Å². The van der Waals surface area contributed by atoms with E-state index in [1.165, 1.54) is 16.5 Å². The van der Waals surface area contributed by atoms with Gasteiger partial charge in [0.2, 0.25) is 0 Å². The molecule has 0 spiro atoms. The number of aryl methyl sites for hydroxylation is 1. The van der Waals surface area contributed by atoms with E-state index in [4.69, 9.17) is 16.7 Å². The van der Waals surface area contributed by atoms with Gasteiger partial charge >= 0.3 is 5.97 Å². The molecule has 0 fully saturated rings. The maximum atomic E-state index is 11.0. The zero-order chi connectivity index (χ0) is 16.1. The van der Waals surface area contributed by atoms with Crippen molar-refractivity contribution >= 4 is 28.5 Å². The second kappa shape index (κ2) is 5.14. The number of carboxylic acids is 1. The summed E-state index contributed by atoms with van der Waals surface area (Å²) in [6, 6.07) is 11.1. The van der Waals surface area contributed by atoms with Gasteiger partial charge < -0.3 is 10.1 Å². The molecule has 23 heavy (non-hydrogen) atoms. The third-order valence-corrected chi connectivity index (χ3v) is 5.13. The van der Waals surface area contributed by atoms with Crippen LogP contribution in [0.3, 0.4) is 0 Å². The standard InChI is InChI=1S/C19H16ClNO2/c1-10-2-7-14-16-13(10)8-9-15(20)18(16)21-17(14)11-3-5-12(6-4-11)19(22)23/h3-6,8-10,21H,2,7H2,1H3,(H,22,23). The molecule has 2 aromatic carbocycles. The Balaban J connectivity index is 1.95. The van der Waals surface area contributed by atoms with Crippen LogP contribution in [-0.2, 0) is 6.42 Å². The Hall–Kier alpha value is -2.26. The van der Waals surface area contributed by atoms with E-state index in [2.05, 4.69) is 18.0 Å². The zero-order valence-electron chi connectivity index (χ0n) is 12.7. The van der Waals surface area contributed by atoms with E-state index in [-0.39, 0.29) is 0 Å². The minimum atomic E-state index is -0.909. The summed E-state index contributed by atoms with van der Waals surface area (Å²) < 4.78 is 0. The van der Waals surface area contributed by atoms with Gasteiger partial charge in [-0.05, 0) is 53.6 Å². The summed E-state index contributed by atoms with van der Waals surface area (Å²) in [7, 11) is 0. The lowest BCUT2D eigenvalue weighted by Gasteiger charge is -2.20. The van der Waals surface area contributed by atoms with E-state index in [1.54, 1.807) is 12.1 Å². The molecule has 1 aromatic heterocycles. The summed E-state index contributed by atoms with van der Waals surface area (Å²) in [6.45, 7) is 2.25. The number of carbonyl (C=O) groups is 1. The van der Waals surface area contributed by atoms with E-state index in [1.807, 2.05) is 18.2 Å². The van der Waals surface area contributed by atoms with Gasteiger partial charge in [0, 0.05) is 11.1 Å². The summed E-state index contributed by atoms with van der Waals surface area (Å²) in [4.78, 5) is 14.5. The second-order valence-corrected chi connectivity index (χ2v) is 6.59. The van der Waals surface area contributed by atoms with Crippen LogP contribution in [0.25, 0.3) is 22.2 Å². The van der Waals surface area contributed by atoms with Crippen LogP contribution in [0.4, 0.5) is 0 Å². The van der Waals surface area contributed by atoms with Gasteiger partial charge in [-0.15, -0.1) is 0 Å². The fraction of sp³-hybridized carbons (Fsp3) is 0.211. The van der Waals surface area contributed by atoms with Gasteiger partial charge in [0.05, 0.1) is 16.1 Å². The number of halogens is 1. The molecule has 4 rings (SSSR count). The molecular formula is C19H16ClNO2. The van der Waals surface area contributed by atoms with Crippen molar-refractivity contribution in [2.75, 3.05) is 0 Å². The van der Waals surface area contributed by atoms with Crippen molar-refractivity contribution < 1.29 is 9.90 Å². The van der Waals surface area contributed by atoms with Crippen molar-refractivity contribution in [3.05, 3.63) is 58.1 Å². The molecule has 3 aromatic rings. The minimum Gasteiger partial charge on any atom is -0.478 e. The molecule has 2 N–H and O–H groups in total. The number of aromatic amines is 1. The number of aromatic carboxylic acids is 1. The van der Waals surface area contributed by atoms with Crippen LogP contribution in [0.1, 0.15) is 40.7 Å². The van der Waals surface area contributed by atoms with Gasteiger partial charge in [-0.25, -0.2) is 4.79 Å². The lowest BCUT2D eigenvalue weighted by Crippen LogP contribution is -2.04. The average Bonchev–Trinajstić information content (AvgIpc) is 2.94. The molecule has 4 heteroatoms. The van der Waals surface area contributed by atoms with Crippen LogP contribution in [0.2, 0.25) is 5.02 Å². The van der Waals surface area contributed by atoms with Gasteiger partial charge in [0.25, 0.3) is 0 Å². The Bertz CT molecular complexity index is 925. The molecule has 116 valence electrons. The van der Waals surface area contributed by atoms with Crippen LogP contribution in [0.5, 0.6) is 0 Å². The maximum Gasteiger partial charge on any atom is 0.335 e. The number of nitrogens with one attached hydrogen (secondary N) is 1. The molecule has 0 saturated carbocycles. The molecule has 0 amide bonds. The largest absolute Gasteiger partial charge is 0.478 e. The van der Waals surface area contributed by atoms with Gasteiger partial charge in [-0.2, -0.15) is 0 Å². The molecule has 1 aliphatic rings. The average molecular weight is 326 g/mol. The first-order valence-corrected chi connectivity index (χ1v) is 8.10. The van der Waals surface area contributed by atoms with Gasteiger partial charge in [0.15, 0.2) is 0 Å². The van der Waals surface area contributed by atoms with Crippen LogP contribution in [0.15, 0.2) is 36.4 Å². The number of hydrogen-bond donors (Lipinski definition) is 2. The first-order valence-electron chi connectivity index (χ1n) is 7.73. The van der Waals surface area contributed by atoms with Crippen molar-refractivity contribution in [2.24, 2.45) is 0 Å². The van der Waals surface area contributed by atoms with Crippen molar-refractivity contribution in [1.82, 2.24) is 4.98 Å². The predicted molar refractivity (Wildman–Crippen MR) is 92.4 cm³/mol. The topological polar surface area (TPSA) is 53.1 Å². The Morgan fingerprint density at radius 3 is 2.65 bits per heavy atom. The molecule has 1 unspecified atom stereocenters. The van der Waals surface area contributed by atoms with Crippen LogP contribution in [-0.4, -0.2) is 16.1 Å². The fourth-order valence-electron chi connectivity index (χ4n) is 3.57. The Morgan fingerprint density at radius 2 is 1.96 bits per heavy atom. The summed E-state index contributed by atoms with van der Waals surface area (Å²) in [5.74, 6) is -0.381. The molecule has 1 heterocycles. The Labute approximate surface area is 138 Å². The maximum absolute atomic E-state index is 11.0. The van der Waals surface area contributed by atoms with Gasteiger partial charge in [-0.3, -0.25) is 0 Å². The van der Waals surface area contributed by atoms with E-state index in [0.29, 0.717) is 11.5 Å². The molecule has 0 bridgehead atoms. The number of carboxylic acid groups (broad SMARTS) is 1. The normalized spacial score (nSPS) is 16.7. The fourth-order valence-corrected chi connectivity index (χ4v) is 3.77. The Kier molecular flexibility index (Phi) is 3.20.